The molecule has 1 unspecified atom stereocenters. The molecular weight excluding hydrogens is 453 g/mol. The second kappa shape index (κ2) is 9.67. The summed E-state index contributed by atoms with van der Waals surface area (Å²) in [6.07, 6.45) is 2.88. The van der Waals surface area contributed by atoms with Crippen molar-refractivity contribution in [3.8, 4) is 0 Å². The number of piperazine rings is 1. The molecule has 3 fully saturated rings. The second-order valence-corrected chi connectivity index (χ2v) is 10.4. The number of halogens is 2. The third kappa shape index (κ3) is 4.98. The van der Waals surface area contributed by atoms with Crippen LogP contribution in [0.5, 0.6) is 0 Å². The molecule has 3 aliphatic rings. The van der Waals surface area contributed by atoms with Crippen LogP contribution in [0.15, 0.2) is 48.5 Å². The van der Waals surface area contributed by atoms with Gasteiger partial charge in [0.05, 0.1) is 6.42 Å². The van der Waals surface area contributed by atoms with E-state index in [1.165, 1.54) is 17.7 Å². The van der Waals surface area contributed by atoms with Gasteiger partial charge in [0.25, 0.3) is 0 Å². The van der Waals surface area contributed by atoms with Crippen LogP contribution in [0.2, 0.25) is 5.02 Å². The number of amides is 2. The third-order valence-corrected chi connectivity index (χ3v) is 8.24. The molecule has 2 amide bonds. The highest BCUT2D eigenvalue weighted by Crippen LogP contribution is 2.60. The Kier molecular flexibility index (Phi) is 6.63. The highest BCUT2D eigenvalue weighted by Gasteiger charge is 2.59. The topological polar surface area (TPSA) is 43.9 Å². The lowest BCUT2D eigenvalue weighted by molar-refractivity contribution is -0.136. The maximum absolute atomic E-state index is 13.3. The second-order valence-electron chi connectivity index (χ2n) is 10.00. The molecule has 2 aliphatic heterocycles. The maximum Gasteiger partial charge on any atom is 0.227 e. The number of piperidine rings is 1. The lowest BCUT2D eigenvalue weighted by Gasteiger charge is -2.36. The summed E-state index contributed by atoms with van der Waals surface area (Å²) in [5, 5.41) is 0.290. The number of likely N-dealkylation sites (tertiary alicyclic amines) is 1. The molecule has 180 valence electrons. The third-order valence-electron chi connectivity index (χ3n) is 7.89. The zero-order valence-corrected chi connectivity index (χ0v) is 20.1. The van der Waals surface area contributed by atoms with Crippen LogP contribution in [-0.4, -0.2) is 65.8 Å². The molecule has 5 nitrogen and oxygen atoms in total. The molecule has 0 bridgehead atoms. The molecule has 1 spiro atoms. The summed E-state index contributed by atoms with van der Waals surface area (Å²) in [6.45, 7) is 5.69. The van der Waals surface area contributed by atoms with Crippen molar-refractivity contribution in [2.75, 3.05) is 39.3 Å². The van der Waals surface area contributed by atoms with Crippen LogP contribution >= 0.6 is 11.6 Å². The van der Waals surface area contributed by atoms with Crippen LogP contribution in [-0.2, 0) is 22.6 Å². The largest absolute Gasteiger partial charge is 0.342 e. The Morgan fingerprint density at radius 3 is 2.32 bits per heavy atom. The lowest BCUT2D eigenvalue weighted by Crippen LogP contribution is -2.49. The first-order valence-electron chi connectivity index (χ1n) is 12.2. The molecule has 2 aromatic carbocycles. The molecule has 1 saturated carbocycles. The van der Waals surface area contributed by atoms with Crippen molar-refractivity contribution in [3.05, 3.63) is 70.5 Å². The van der Waals surface area contributed by atoms with E-state index in [-0.39, 0.29) is 23.7 Å². The average Bonchev–Trinajstić information content (AvgIpc) is 3.55. The van der Waals surface area contributed by atoms with Gasteiger partial charge in [0, 0.05) is 56.8 Å². The molecule has 5 rings (SSSR count). The van der Waals surface area contributed by atoms with Crippen LogP contribution in [0.25, 0.3) is 0 Å². The van der Waals surface area contributed by atoms with Crippen molar-refractivity contribution in [1.82, 2.24) is 14.7 Å². The SMILES string of the molecule is O=C(Cc1ccc(F)cc1Cl)N1CCC2(CC1)CC2C(=O)N1CCN(Cc2ccccc2)CC1. The Morgan fingerprint density at radius 1 is 0.941 bits per heavy atom. The smallest absolute Gasteiger partial charge is 0.227 e. The number of nitrogens with zero attached hydrogens (tertiary/aromatic N) is 3. The van der Waals surface area contributed by atoms with E-state index in [0.717, 1.165) is 52.0 Å². The Bertz CT molecular complexity index is 1050. The van der Waals surface area contributed by atoms with Gasteiger partial charge in [0.2, 0.25) is 11.8 Å². The van der Waals surface area contributed by atoms with E-state index in [9.17, 15) is 14.0 Å². The van der Waals surface area contributed by atoms with E-state index in [4.69, 9.17) is 11.6 Å². The molecule has 34 heavy (non-hydrogen) atoms. The van der Waals surface area contributed by atoms with Gasteiger partial charge < -0.3 is 9.80 Å². The van der Waals surface area contributed by atoms with Gasteiger partial charge in [-0.1, -0.05) is 48.0 Å². The maximum atomic E-state index is 13.3. The molecule has 2 aromatic rings. The van der Waals surface area contributed by atoms with Crippen molar-refractivity contribution in [1.29, 1.82) is 0 Å². The number of carbonyl (C=O) groups excluding carboxylic acids is 2. The minimum Gasteiger partial charge on any atom is -0.342 e. The molecule has 2 heterocycles. The van der Waals surface area contributed by atoms with Gasteiger partial charge in [0.1, 0.15) is 5.82 Å². The first-order chi connectivity index (χ1) is 16.4. The number of hydrogen-bond donors (Lipinski definition) is 0. The fraction of sp³-hybridized carbons (Fsp3) is 0.481. The van der Waals surface area contributed by atoms with Gasteiger partial charge in [-0.25, -0.2) is 4.39 Å². The first-order valence-corrected chi connectivity index (χ1v) is 12.6. The molecule has 0 radical (unpaired) electrons. The van der Waals surface area contributed by atoms with E-state index in [1.807, 2.05) is 11.0 Å². The van der Waals surface area contributed by atoms with E-state index < -0.39 is 5.82 Å². The molecule has 1 atom stereocenters. The molecular formula is C27H31ClFN3O2. The molecule has 2 saturated heterocycles. The van der Waals surface area contributed by atoms with Gasteiger partial charge in [-0.05, 0) is 47.9 Å². The summed E-state index contributed by atoms with van der Waals surface area (Å²) >= 11 is 6.09. The van der Waals surface area contributed by atoms with Crippen molar-refractivity contribution < 1.29 is 14.0 Å². The quantitative estimate of drug-likeness (QED) is 0.645. The summed E-state index contributed by atoms with van der Waals surface area (Å²) in [4.78, 5) is 32.3. The van der Waals surface area contributed by atoms with Crippen LogP contribution in [0.1, 0.15) is 30.4 Å². The number of hydrogen-bond acceptors (Lipinski definition) is 3. The predicted octanol–water partition coefficient (Wildman–Crippen LogP) is 3.99. The summed E-state index contributed by atoms with van der Waals surface area (Å²) in [7, 11) is 0. The zero-order valence-electron chi connectivity index (χ0n) is 19.4. The van der Waals surface area contributed by atoms with Crippen LogP contribution < -0.4 is 0 Å². The zero-order chi connectivity index (χ0) is 23.7. The van der Waals surface area contributed by atoms with Crippen molar-refractivity contribution in [2.45, 2.75) is 32.2 Å². The highest BCUT2D eigenvalue weighted by molar-refractivity contribution is 6.31. The standard InChI is InChI=1S/C27H31ClFN3O2/c28-24-17-22(29)7-6-21(24)16-25(33)31-10-8-27(9-11-31)18-23(27)26(34)32-14-12-30(13-15-32)19-20-4-2-1-3-5-20/h1-7,17,23H,8-16,18-19H2. The van der Waals surface area contributed by atoms with Gasteiger partial charge in [-0.2, -0.15) is 0 Å². The summed E-state index contributed by atoms with van der Waals surface area (Å²) < 4.78 is 13.3. The Morgan fingerprint density at radius 2 is 1.65 bits per heavy atom. The minimum absolute atomic E-state index is 0.0152. The van der Waals surface area contributed by atoms with E-state index in [1.54, 1.807) is 6.07 Å². The van der Waals surface area contributed by atoms with E-state index in [0.29, 0.717) is 29.6 Å². The number of carbonyl (C=O) groups is 2. The number of rotatable bonds is 5. The summed E-state index contributed by atoms with van der Waals surface area (Å²) in [5.74, 6) is 0.0267. The Hall–Kier alpha value is -2.44. The van der Waals surface area contributed by atoms with Crippen LogP contribution in [0, 0.1) is 17.2 Å². The van der Waals surface area contributed by atoms with Crippen LogP contribution in [0.4, 0.5) is 4.39 Å². The van der Waals surface area contributed by atoms with Crippen LogP contribution in [0.3, 0.4) is 0 Å². The highest BCUT2D eigenvalue weighted by atomic mass is 35.5. The van der Waals surface area contributed by atoms with Gasteiger partial charge in [0.15, 0.2) is 0 Å². The minimum atomic E-state index is -0.400. The summed E-state index contributed by atoms with van der Waals surface area (Å²) in [6, 6.07) is 14.6. The fourth-order valence-corrected chi connectivity index (χ4v) is 5.81. The first kappa shape index (κ1) is 23.3. The van der Waals surface area contributed by atoms with Crippen molar-refractivity contribution in [2.24, 2.45) is 11.3 Å². The fourth-order valence-electron chi connectivity index (χ4n) is 5.58. The van der Waals surface area contributed by atoms with Gasteiger partial charge in [-0.3, -0.25) is 14.5 Å². The Balaban J connectivity index is 1.08. The molecule has 0 N–H and O–H groups in total. The summed E-state index contributed by atoms with van der Waals surface area (Å²) in [5.41, 5.74) is 2.04. The molecule has 1 aliphatic carbocycles. The Labute approximate surface area is 205 Å². The lowest BCUT2D eigenvalue weighted by atomic mass is 9.90. The number of benzene rings is 2. The molecule has 0 aromatic heterocycles. The predicted molar refractivity (Wildman–Crippen MR) is 130 cm³/mol. The van der Waals surface area contributed by atoms with Crippen molar-refractivity contribution >= 4 is 23.4 Å². The normalized spacial score (nSPS) is 22.1. The van der Waals surface area contributed by atoms with E-state index >= 15 is 0 Å². The van der Waals surface area contributed by atoms with Gasteiger partial charge >= 0.3 is 0 Å². The average molecular weight is 484 g/mol. The molecule has 7 heteroatoms. The van der Waals surface area contributed by atoms with Crippen molar-refractivity contribution in [3.63, 3.8) is 0 Å². The monoisotopic (exact) mass is 483 g/mol. The van der Waals surface area contributed by atoms with Gasteiger partial charge in [-0.15, -0.1) is 0 Å². The van der Waals surface area contributed by atoms with E-state index in [2.05, 4.69) is 34.1 Å².